The van der Waals surface area contributed by atoms with Crippen LogP contribution in [0, 0.1) is 0 Å². The number of aliphatic imine (C=N–C) groups is 1. The molecule has 1 rings (SSSR count). The minimum absolute atomic E-state index is 0. The van der Waals surface area contributed by atoms with Crippen LogP contribution in [0.15, 0.2) is 4.99 Å². The average Bonchev–Trinajstić information content (AvgIpc) is 2.58. The third kappa shape index (κ3) is 8.71. The first-order chi connectivity index (χ1) is 12.6. The Morgan fingerprint density at radius 1 is 1.14 bits per heavy atom. The molecule has 2 N–H and O–H groups in total. The van der Waals surface area contributed by atoms with Gasteiger partial charge in [-0.1, -0.05) is 0 Å². The molecule has 1 aliphatic rings. The molecule has 0 aromatic carbocycles. The van der Waals surface area contributed by atoms with Crippen LogP contribution in [-0.4, -0.2) is 81.8 Å². The maximum Gasteiger partial charge on any atom is 0.191 e. The second kappa shape index (κ2) is 13.2. The number of sulfone groups is 1. The van der Waals surface area contributed by atoms with E-state index < -0.39 is 14.6 Å². The van der Waals surface area contributed by atoms with Gasteiger partial charge in [0, 0.05) is 51.2 Å². The average molecular weight is 533 g/mol. The Labute approximate surface area is 189 Å². The maximum atomic E-state index is 12.4. The van der Waals surface area contributed by atoms with Gasteiger partial charge in [0.1, 0.15) is 0 Å². The van der Waals surface area contributed by atoms with Crippen LogP contribution in [0.1, 0.15) is 53.9 Å². The lowest BCUT2D eigenvalue weighted by atomic mass is 9.99. The second-order valence-corrected chi connectivity index (χ2v) is 10.4. The molecule has 0 aromatic heterocycles. The number of halogens is 1. The zero-order valence-corrected chi connectivity index (χ0v) is 21.6. The molecule has 0 bridgehead atoms. The molecule has 0 amide bonds. The van der Waals surface area contributed by atoms with Crippen molar-refractivity contribution in [2.45, 2.75) is 70.7 Å². The summed E-state index contributed by atoms with van der Waals surface area (Å²) in [6.45, 7) is 14.7. The second-order valence-electron chi connectivity index (χ2n) is 7.97. The first kappa shape index (κ1) is 27.9. The highest BCUT2D eigenvalue weighted by Gasteiger charge is 2.42. The molecule has 0 unspecified atom stereocenters. The Hall–Kier alpha value is -0.130. The van der Waals surface area contributed by atoms with Gasteiger partial charge in [-0.05, 0) is 53.9 Å². The van der Waals surface area contributed by atoms with Gasteiger partial charge in [0.15, 0.2) is 15.8 Å². The van der Waals surface area contributed by atoms with Crippen LogP contribution in [-0.2, 0) is 14.6 Å². The summed E-state index contributed by atoms with van der Waals surface area (Å²) in [5.41, 5.74) is 0. The summed E-state index contributed by atoms with van der Waals surface area (Å²) < 4.78 is 29.3. The predicted molar refractivity (Wildman–Crippen MR) is 129 cm³/mol. The molecule has 9 heteroatoms. The van der Waals surface area contributed by atoms with E-state index in [-0.39, 0.29) is 30.5 Å². The van der Waals surface area contributed by atoms with Crippen LogP contribution < -0.4 is 10.6 Å². The molecule has 28 heavy (non-hydrogen) atoms. The maximum absolute atomic E-state index is 12.4. The third-order valence-corrected chi connectivity index (χ3v) is 7.38. The van der Waals surface area contributed by atoms with Crippen molar-refractivity contribution >= 4 is 39.8 Å². The first-order valence-electron chi connectivity index (χ1n) is 10.2. The fourth-order valence-electron chi connectivity index (χ4n) is 3.54. The summed E-state index contributed by atoms with van der Waals surface area (Å²) in [6.07, 6.45) is 3.34. The number of hydrogen-bond acceptors (Lipinski definition) is 5. The summed E-state index contributed by atoms with van der Waals surface area (Å²) in [5, 5.41) is 6.57. The van der Waals surface area contributed by atoms with E-state index in [2.05, 4.69) is 48.2 Å². The zero-order valence-electron chi connectivity index (χ0n) is 18.5. The zero-order chi connectivity index (χ0) is 20.5. The Kier molecular flexibility index (Phi) is 13.2. The normalized spacial score (nSPS) is 17.7. The fraction of sp³-hybridized carbons (Fsp3) is 0.947. The van der Waals surface area contributed by atoms with Crippen LogP contribution in [0.5, 0.6) is 0 Å². The van der Waals surface area contributed by atoms with E-state index in [4.69, 9.17) is 4.74 Å². The number of hydrogen-bond donors (Lipinski definition) is 2. The van der Waals surface area contributed by atoms with Gasteiger partial charge in [-0.2, -0.15) is 0 Å². The largest absolute Gasteiger partial charge is 0.381 e. The van der Waals surface area contributed by atoms with Crippen molar-refractivity contribution in [1.29, 1.82) is 0 Å². The van der Waals surface area contributed by atoms with Crippen LogP contribution in [0.2, 0.25) is 0 Å². The summed E-state index contributed by atoms with van der Waals surface area (Å²) in [6, 6.07) is 1.05. The lowest BCUT2D eigenvalue weighted by Gasteiger charge is -2.34. The summed E-state index contributed by atoms with van der Waals surface area (Å²) in [5.74, 6) is 0.688. The van der Waals surface area contributed by atoms with Gasteiger partial charge in [-0.3, -0.25) is 9.89 Å². The summed E-state index contributed by atoms with van der Waals surface area (Å²) in [4.78, 5) is 7.07. The first-order valence-corrected chi connectivity index (χ1v) is 12.1. The van der Waals surface area contributed by atoms with E-state index in [1.165, 1.54) is 6.26 Å². The Balaban J connectivity index is 0.00000729. The minimum atomic E-state index is -3.20. The van der Waals surface area contributed by atoms with Gasteiger partial charge in [-0.15, -0.1) is 24.0 Å². The lowest BCUT2D eigenvalue weighted by molar-refractivity contribution is 0.0768. The highest BCUT2D eigenvalue weighted by Crippen LogP contribution is 2.29. The Morgan fingerprint density at radius 3 is 2.18 bits per heavy atom. The van der Waals surface area contributed by atoms with Gasteiger partial charge in [0.25, 0.3) is 0 Å². The van der Waals surface area contributed by atoms with E-state index >= 15 is 0 Å². The van der Waals surface area contributed by atoms with Crippen molar-refractivity contribution in [2.75, 3.05) is 45.6 Å². The number of rotatable bonds is 10. The fourth-order valence-corrected chi connectivity index (χ4v) is 4.74. The molecule has 0 aliphatic carbocycles. The highest BCUT2D eigenvalue weighted by atomic mass is 127. The molecule has 0 spiro atoms. The third-order valence-electron chi connectivity index (χ3n) is 5.27. The molecule has 1 saturated heterocycles. The van der Waals surface area contributed by atoms with Crippen molar-refractivity contribution in [1.82, 2.24) is 15.5 Å². The Bertz CT molecular complexity index is 554. The quantitative estimate of drug-likeness (QED) is 0.195. The molecular weight excluding hydrogens is 491 g/mol. The molecular formula is C19H41IN4O3S. The summed E-state index contributed by atoms with van der Waals surface area (Å²) >= 11 is 0. The lowest BCUT2D eigenvalue weighted by Crippen LogP contribution is -2.47. The van der Waals surface area contributed by atoms with Gasteiger partial charge in [-0.25, -0.2) is 8.42 Å². The number of nitrogens with zero attached hydrogens (tertiary/aromatic N) is 2. The highest BCUT2D eigenvalue weighted by molar-refractivity contribution is 14.0. The van der Waals surface area contributed by atoms with E-state index in [0.717, 1.165) is 26.1 Å². The van der Waals surface area contributed by atoms with Gasteiger partial charge in [0.05, 0.1) is 11.3 Å². The molecule has 1 fully saturated rings. The van der Waals surface area contributed by atoms with Crippen molar-refractivity contribution in [3.05, 3.63) is 0 Å². The standard InChI is InChI=1S/C19H40N4O3S.HI/c1-7-20-18(21-11-8-12-23(16(2)3)17(4)5)22-15-19(27(6,24)25)9-13-26-14-10-19;/h16-17H,7-15H2,1-6H3,(H2,20,21,22);1H. The number of ether oxygens (including phenoxy) is 1. The van der Waals surface area contributed by atoms with E-state index in [9.17, 15) is 8.42 Å². The molecule has 0 radical (unpaired) electrons. The van der Waals surface area contributed by atoms with Crippen LogP contribution in [0.3, 0.4) is 0 Å². The molecule has 1 aliphatic heterocycles. The van der Waals surface area contributed by atoms with Crippen LogP contribution >= 0.6 is 24.0 Å². The topological polar surface area (TPSA) is 83.0 Å². The van der Waals surface area contributed by atoms with Crippen molar-refractivity contribution in [3.8, 4) is 0 Å². The molecule has 7 nitrogen and oxygen atoms in total. The van der Waals surface area contributed by atoms with Crippen LogP contribution in [0.25, 0.3) is 0 Å². The van der Waals surface area contributed by atoms with Gasteiger partial charge >= 0.3 is 0 Å². The van der Waals surface area contributed by atoms with Gasteiger partial charge < -0.3 is 15.4 Å². The van der Waals surface area contributed by atoms with E-state index in [0.29, 0.717) is 44.1 Å². The monoisotopic (exact) mass is 532 g/mol. The smallest absolute Gasteiger partial charge is 0.191 e. The number of nitrogens with one attached hydrogen (secondary N) is 2. The van der Waals surface area contributed by atoms with E-state index in [1.54, 1.807) is 0 Å². The van der Waals surface area contributed by atoms with Crippen LogP contribution in [0.4, 0.5) is 0 Å². The van der Waals surface area contributed by atoms with Gasteiger partial charge in [0.2, 0.25) is 0 Å². The summed E-state index contributed by atoms with van der Waals surface area (Å²) in [7, 11) is -3.20. The van der Waals surface area contributed by atoms with E-state index in [1.807, 2.05) is 6.92 Å². The number of guanidine groups is 1. The predicted octanol–water partition coefficient (Wildman–Crippen LogP) is 2.26. The molecule has 0 atom stereocenters. The van der Waals surface area contributed by atoms with Crippen molar-refractivity contribution in [3.63, 3.8) is 0 Å². The Morgan fingerprint density at radius 2 is 1.71 bits per heavy atom. The molecule has 0 saturated carbocycles. The molecule has 0 aromatic rings. The molecule has 1 heterocycles. The SMILES string of the molecule is CCNC(=NCC1(S(C)(=O)=O)CCOCC1)NCCCN(C(C)C)C(C)C.I. The molecule has 168 valence electrons. The van der Waals surface area contributed by atoms with Crippen molar-refractivity contribution in [2.24, 2.45) is 4.99 Å². The minimum Gasteiger partial charge on any atom is -0.381 e. The van der Waals surface area contributed by atoms with Crippen molar-refractivity contribution < 1.29 is 13.2 Å².